The average molecular weight is 509 g/mol. The van der Waals surface area contributed by atoms with E-state index < -0.39 is 54.3 Å². The molecule has 0 saturated carbocycles. The first kappa shape index (κ1) is 28.1. The molecule has 35 heavy (non-hydrogen) atoms. The Bertz CT molecular complexity index is 893. The van der Waals surface area contributed by atoms with Crippen LogP contribution in [0.4, 0.5) is 0 Å². The highest BCUT2D eigenvalue weighted by Crippen LogP contribution is 2.09. The highest BCUT2D eigenvalue weighted by Gasteiger charge is 2.32. The molecule has 0 aliphatic carbocycles. The molecule has 12 heteroatoms. The van der Waals surface area contributed by atoms with Gasteiger partial charge >= 0.3 is 11.9 Å². The second kappa shape index (κ2) is 14.3. The van der Waals surface area contributed by atoms with Crippen molar-refractivity contribution in [2.45, 2.75) is 56.3 Å². The third kappa shape index (κ3) is 9.57. The number of carbonyl (C=O) groups excluding carboxylic acids is 3. The maximum atomic E-state index is 13.2. The summed E-state index contributed by atoms with van der Waals surface area (Å²) in [5.74, 6) is -4.09. The standard InChI is InChI=1S/C23H32N4O7S/c1-35-11-9-16(21(31)27-18(23(33)34)13-19(28)29)25-22(32)17(12-14-6-3-2-4-7-14)26-20(30)15-8-5-10-24-15/h2-4,6-7,15-18,24H,5,8-13H2,1H3,(H,25,32)(H,26,30)(H,27,31)(H,28,29)(H,33,34). The van der Waals surface area contributed by atoms with Crippen LogP contribution in [0.3, 0.4) is 0 Å². The molecular formula is C23H32N4O7S. The fourth-order valence-corrected chi connectivity index (χ4v) is 4.13. The normalized spacial score (nSPS) is 17.6. The summed E-state index contributed by atoms with van der Waals surface area (Å²) in [6.45, 7) is 0.714. The van der Waals surface area contributed by atoms with Gasteiger partial charge in [0.1, 0.15) is 18.1 Å². The molecule has 6 N–H and O–H groups in total. The molecule has 1 heterocycles. The summed E-state index contributed by atoms with van der Waals surface area (Å²) >= 11 is 1.43. The number of rotatable bonds is 14. The minimum atomic E-state index is -1.64. The summed E-state index contributed by atoms with van der Waals surface area (Å²) in [5.41, 5.74) is 0.810. The number of hydrogen-bond donors (Lipinski definition) is 6. The fourth-order valence-electron chi connectivity index (χ4n) is 3.66. The summed E-state index contributed by atoms with van der Waals surface area (Å²) in [5, 5.41) is 28.8. The van der Waals surface area contributed by atoms with Crippen molar-refractivity contribution >= 4 is 41.4 Å². The molecule has 1 fully saturated rings. The molecule has 0 radical (unpaired) electrons. The van der Waals surface area contributed by atoms with Crippen LogP contribution < -0.4 is 21.3 Å². The lowest BCUT2D eigenvalue weighted by Crippen LogP contribution is -2.57. The van der Waals surface area contributed by atoms with E-state index in [2.05, 4.69) is 21.3 Å². The Morgan fingerprint density at radius 1 is 1.00 bits per heavy atom. The van der Waals surface area contributed by atoms with E-state index in [1.165, 1.54) is 11.8 Å². The Kier molecular flexibility index (Phi) is 11.5. The van der Waals surface area contributed by atoms with Crippen molar-refractivity contribution in [2.75, 3.05) is 18.6 Å². The minimum absolute atomic E-state index is 0.189. The van der Waals surface area contributed by atoms with Gasteiger partial charge in [0.05, 0.1) is 12.5 Å². The molecule has 2 rings (SSSR count). The Balaban J connectivity index is 2.16. The van der Waals surface area contributed by atoms with Gasteiger partial charge in [-0.25, -0.2) is 4.79 Å². The SMILES string of the molecule is CSCCC(NC(=O)C(Cc1ccccc1)NC(=O)C1CCCN1)C(=O)NC(CC(=O)O)C(=O)O. The molecule has 1 saturated heterocycles. The predicted octanol–water partition coefficient (Wildman–Crippen LogP) is -0.252. The van der Waals surface area contributed by atoms with E-state index in [9.17, 15) is 29.1 Å². The predicted molar refractivity (Wildman–Crippen MR) is 130 cm³/mol. The molecule has 0 bridgehead atoms. The van der Waals surface area contributed by atoms with Crippen LogP contribution in [0.2, 0.25) is 0 Å². The second-order valence-electron chi connectivity index (χ2n) is 8.24. The Labute approximate surface area is 207 Å². The first-order chi connectivity index (χ1) is 16.7. The van der Waals surface area contributed by atoms with E-state index in [0.29, 0.717) is 18.7 Å². The van der Waals surface area contributed by atoms with Crippen molar-refractivity contribution in [3.63, 3.8) is 0 Å². The molecule has 1 aromatic carbocycles. The molecule has 4 atom stereocenters. The van der Waals surface area contributed by atoms with Gasteiger partial charge in [-0.05, 0) is 43.4 Å². The third-order valence-corrected chi connectivity index (χ3v) is 6.17. The van der Waals surface area contributed by atoms with Crippen LogP contribution in [-0.4, -0.2) is 82.6 Å². The summed E-state index contributed by atoms with van der Waals surface area (Å²) in [6.07, 6.45) is 2.91. The van der Waals surface area contributed by atoms with E-state index in [1.807, 2.05) is 36.6 Å². The minimum Gasteiger partial charge on any atom is -0.481 e. The second-order valence-corrected chi connectivity index (χ2v) is 9.23. The van der Waals surface area contributed by atoms with Gasteiger partial charge in [-0.15, -0.1) is 0 Å². The number of carboxylic acids is 2. The van der Waals surface area contributed by atoms with Gasteiger partial charge in [0.25, 0.3) is 0 Å². The number of carboxylic acid groups (broad SMARTS) is 2. The Morgan fingerprint density at radius 3 is 2.23 bits per heavy atom. The number of nitrogens with one attached hydrogen (secondary N) is 4. The maximum absolute atomic E-state index is 13.2. The van der Waals surface area contributed by atoms with Crippen LogP contribution in [-0.2, 0) is 30.4 Å². The van der Waals surface area contributed by atoms with Gasteiger partial charge < -0.3 is 31.5 Å². The van der Waals surface area contributed by atoms with Gasteiger partial charge in [0.2, 0.25) is 17.7 Å². The van der Waals surface area contributed by atoms with E-state index in [-0.39, 0.29) is 18.7 Å². The molecular weight excluding hydrogens is 476 g/mol. The lowest BCUT2D eigenvalue weighted by molar-refractivity contribution is -0.147. The molecule has 3 amide bonds. The average Bonchev–Trinajstić information content (AvgIpc) is 3.36. The van der Waals surface area contributed by atoms with E-state index in [4.69, 9.17) is 5.11 Å². The van der Waals surface area contributed by atoms with Gasteiger partial charge in [-0.2, -0.15) is 11.8 Å². The number of carbonyl (C=O) groups is 5. The number of amides is 3. The van der Waals surface area contributed by atoms with Gasteiger partial charge in [-0.1, -0.05) is 30.3 Å². The Morgan fingerprint density at radius 2 is 1.66 bits per heavy atom. The number of aliphatic carboxylic acids is 2. The van der Waals surface area contributed by atoms with Gasteiger partial charge in [-0.3, -0.25) is 19.2 Å². The van der Waals surface area contributed by atoms with Gasteiger partial charge in [0.15, 0.2) is 0 Å². The van der Waals surface area contributed by atoms with E-state index >= 15 is 0 Å². The lowest BCUT2D eigenvalue weighted by Gasteiger charge is -2.25. The highest BCUT2D eigenvalue weighted by molar-refractivity contribution is 7.98. The van der Waals surface area contributed by atoms with Crippen molar-refractivity contribution < 1.29 is 34.2 Å². The van der Waals surface area contributed by atoms with Crippen LogP contribution in [0.25, 0.3) is 0 Å². The van der Waals surface area contributed by atoms with Crippen molar-refractivity contribution in [3.8, 4) is 0 Å². The molecule has 4 unspecified atom stereocenters. The van der Waals surface area contributed by atoms with Crippen LogP contribution in [0, 0.1) is 0 Å². The van der Waals surface area contributed by atoms with Crippen molar-refractivity contribution in [2.24, 2.45) is 0 Å². The monoisotopic (exact) mass is 508 g/mol. The quantitative estimate of drug-likeness (QED) is 0.198. The van der Waals surface area contributed by atoms with Crippen molar-refractivity contribution in [3.05, 3.63) is 35.9 Å². The molecule has 11 nitrogen and oxygen atoms in total. The summed E-state index contributed by atoms with van der Waals surface area (Å²) in [4.78, 5) is 61.1. The number of hydrogen-bond acceptors (Lipinski definition) is 7. The van der Waals surface area contributed by atoms with Crippen LogP contribution >= 0.6 is 11.8 Å². The number of benzene rings is 1. The zero-order chi connectivity index (χ0) is 25.8. The van der Waals surface area contributed by atoms with Crippen LogP contribution in [0.5, 0.6) is 0 Å². The maximum Gasteiger partial charge on any atom is 0.326 e. The van der Waals surface area contributed by atoms with Crippen molar-refractivity contribution in [1.82, 2.24) is 21.3 Å². The topological polar surface area (TPSA) is 174 Å². The smallest absolute Gasteiger partial charge is 0.326 e. The third-order valence-electron chi connectivity index (χ3n) is 5.53. The molecule has 1 aromatic rings. The lowest BCUT2D eigenvalue weighted by atomic mass is 10.0. The van der Waals surface area contributed by atoms with E-state index in [0.717, 1.165) is 12.0 Å². The van der Waals surface area contributed by atoms with Crippen molar-refractivity contribution in [1.29, 1.82) is 0 Å². The zero-order valence-corrected chi connectivity index (χ0v) is 20.3. The number of thioether (sulfide) groups is 1. The molecule has 1 aliphatic rings. The summed E-state index contributed by atoms with van der Waals surface area (Å²) in [7, 11) is 0. The summed E-state index contributed by atoms with van der Waals surface area (Å²) in [6, 6.07) is 4.99. The van der Waals surface area contributed by atoms with Gasteiger partial charge in [0, 0.05) is 6.42 Å². The Hall–Kier alpha value is -3.12. The first-order valence-corrected chi connectivity index (χ1v) is 12.7. The van der Waals surface area contributed by atoms with Crippen LogP contribution in [0.15, 0.2) is 30.3 Å². The first-order valence-electron chi connectivity index (χ1n) is 11.3. The highest BCUT2D eigenvalue weighted by atomic mass is 32.2. The largest absolute Gasteiger partial charge is 0.481 e. The molecule has 192 valence electrons. The molecule has 0 aromatic heterocycles. The van der Waals surface area contributed by atoms with Crippen LogP contribution in [0.1, 0.15) is 31.2 Å². The molecule has 1 aliphatic heterocycles. The zero-order valence-electron chi connectivity index (χ0n) is 19.5. The molecule has 0 spiro atoms. The van der Waals surface area contributed by atoms with E-state index in [1.54, 1.807) is 0 Å². The summed E-state index contributed by atoms with van der Waals surface area (Å²) < 4.78 is 0. The fraction of sp³-hybridized carbons (Fsp3) is 0.522.